The minimum absolute atomic E-state index is 0.317. The van der Waals surface area contributed by atoms with Gasteiger partial charge in [-0.05, 0) is 13.8 Å². The molecule has 2 aromatic rings. The Bertz CT molecular complexity index is 649. The third-order valence-electron chi connectivity index (χ3n) is 3.03. The Labute approximate surface area is 122 Å². The van der Waals surface area contributed by atoms with Crippen molar-refractivity contribution in [1.29, 1.82) is 0 Å². The van der Waals surface area contributed by atoms with Crippen LogP contribution in [0.2, 0.25) is 0 Å². The molecule has 1 atom stereocenters. The van der Waals surface area contributed by atoms with Gasteiger partial charge >= 0.3 is 5.97 Å². The van der Waals surface area contributed by atoms with E-state index in [-0.39, 0.29) is 0 Å². The lowest BCUT2D eigenvalue weighted by molar-refractivity contribution is -0.142. The van der Waals surface area contributed by atoms with Crippen molar-refractivity contribution in [2.45, 2.75) is 19.9 Å². The van der Waals surface area contributed by atoms with Crippen LogP contribution in [0, 0.1) is 6.92 Å². The third kappa shape index (κ3) is 3.10. The van der Waals surface area contributed by atoms with Crippen LogP contribution in [-0.4, -0.2) is 30.2 Å². The van der Waals surface area contributed by atoms with Crippen molar-refractivity contribution >= 4 is 11.9 Å². The fourth-order valence-corrected chi connectivity index (χ4v) is 1.93. The van der Waals surface area contributed by atoms with Gasteiger partial charge < -0.3 is 14.6 Å². The molecular formula is C15H16N2O4. The smallest absolute Gasteiger partial charge is 0.328 e. The van der Waals surface area contributed by atoms with E-state index in [1.165, 1.54) is 7.11 Å². The molecular weight excluding hydrogens is 272 g/mol. The van der Waals surface area contributed by atoms with Crippen LogP contribution in [-0.2, 0) is 9.53 Å². The van der Waals surface area contributed by atoms with Gasteiger partial charge in [0, 0.05) is 5.56 Å². The molecule has 0 saturated heterocycles. The van der Waals surface area contributed by atoms with E-state index in [2.05, 4.69) is 15.2 Å². The van der Waals surface area contributed by atoms with Crippen molar-refractivity contribution in [2.24, 2.45) is 0 Å². The summed E-state index contributed by atoms with van der Waals surface area (Å²) in [6, 6.07) is 8.44. The summed E-state index contributed by atoms with van der Waals surface area (Å²) in [5.41, 5.74) is 1.52. The van der Waals surface area contributed by atoms with Crippen molar-refractivity contribution in [3.05, 3.63) is 41.6 Å². The van der Waals surface area contributed by atoms with Gasteiger partial charge in [-0.1, -0.05) is 35.5 Å². The molecule has 0 aliphatic carbocycles. The van der Waals surface area contributed by atoms with Gasteiger partial charge in [-0.15, -0.1) is 0 Å². The van der Waals surface area contributed by atoms with Crippen molar-refractivity contribution in [3.8, 4) is 11.3 Å². The second-order valence-electron chi connectivity index (χ2n) is 4.56. The van der Waals surface area contributed by atoms with Crippen molar-refractivity contribution in [3.63, 3.8) is 0 Å². The first-order valence-corrected chi connectivity index (χ1v) is 6.45. The first-order valence-electron chi connectivity index (χ1n) is 6.45. The molecule has 0 spiro atoms. The number of aryl methyl sites for hydroxylation is 1. The van der Waals surface area contributed by atoms with Crippen LogP contribution < -0.4 is 5.32 Å². The highest BCUT2D eigenvalue weighted by atomic mass is 16.5. The fourth-order valence-electron chi connectivity index (χ4n) is 1.93. The van der Waals surface area contributed by atoms with Crippen LogP contribution in [0.25, 0.3) is 11.3 Å². The molecule has 1 heterocycles. The van der Waals surface area contributed by atoms with Gasteiger partial charge in [-0.25, -0.2) is 4.79 Å². The number of carbonyl (C=O) groups excluding carboxylic acids is 2. The zero-order valence-corrected chi connectivity index (χ0v) is 12.0. The lowest BCUT2D eigenvalue weighted by atomic mass is 10.1. The van der Waals surface area contributed by atoms with Crippen LogP contribution in [0.1, 0.15) is 23.0 Å². The van der Waals surface area contributed by atoms with E-state index in [0.29, 0.717) is 17.0 Å². The standard InChI is InChI=1S/C15H16N2O4/c1-9-12(14(18)16-10(2)15(19)20-3)13(21-17-9)11-7-5-4-6-8-11/h4-8,10H,1-3H3,(H,16,18)/t10-/m0/s1. The molecule has 1 amide bonds. The van der Waals surface area contributed by atoms with Gasteiger partial charge in [0.1, 0.15) is 11.6 Å². The first kappa shape index (κ1) is 14.8. The molecule has 1 aromatic carbocycles. The number of esters is 1. The molecule has 0 aliphatic heterocycles. The van der Waals surface area contributed by atoms with E-state index in [1.807, 2.05) is 30.3 Å². The highest BCUT2D eigenvalue weighted by Gasteiger charge is 2.24. The van der Waals surface area contributed by atoms with E-state index in [4.69, 9.17) is 4.52 Å². The second-order valence-corrected chi connectivity index (χ2v) is 4.56. The van der Waals surface area contributed by atoms with E-state index >= 15 is 0 Å². The second kappa shape index (κ2) is 6.21. The lowest BCUT2D eigenvalue weighted by Crippen LogP contribution is -2.39. The van der Waals surface area contributed by atoms with Gasteiger partial charge in [0.25, 0.3) is 5.91 Å². The van der Waals surface area contributed by atoms with Crippen LogP contribution in [0.5, 0.6) is 0 Å². The van der Waals surface area contributed by atoms with Crippen LogP contribution in [0.15, 0.2) is 34.9 Å². The quantitative estimate of drug-likeness (QED) is 0.869. The number of aromatic nitrogens is 1. The average molecular weight is 288 g/mol. The average Bonchev–Trinajstić information content (AvgIpc) is 2.89. The number of nitrogens with one attached hydrogen (secondary N) is 1. The van der Waals surface area contributed by atoms with Gasteiger partial charge in [-0.2, -0.15) is 0 Å². The Morgan fingerprint density at radius 3 is 2.57 bits per heavy atom. The summed E-state index contributed by atoms with van der Waals surface area (Å²) in [5, 5.41) is 6.40. The van der Waals surface area contributed by atoms with Gasteiger partial charge in [0.05, 0.1) is 12.8 Å². The Morgan fingerprint density at radius 1 is 1.29 bits per heavy atom. The Hall–Kier alpha value is -2.63. The topological polar surface area (TPSA) is 81.4 Å². The highest BCUT2D eigenvalue weighted by molar-refractivity contribution is 6.02. The van der Waals surface area contributed by atoms with Gasteiger partial charge in [0.15, 0.2) is 5.76 Å². The molecule has 2 rings (SSSR count). The summed E-state index contributed by atoms with van der Waals surface area (Å²) in [4.78, 5) is 23.7. The molecule has 0 radical (unpaired) electrons. The van der Waals surface area contributed by atoms with Crippen molar-refractivity contribution in [1.82, 2.24) is 10.5 Å². The zero-order chi connectivity index (χ0) is 15.4. The van der Waals surface area contributed by atoms with Crippen LogP contribution >= 0.6 is 0 Å². The van der Waals surface area contributed by atoms with Gasteiger partial charge in [0.2, 0.25) is 0 Å². The number of methoxy groups -OCH3 is 1. The minimum atomic E-state index is -0.750. The lowest BCUT2D eigenvalue weighted by Gasteiger charge is -2.11. The Morgan fingerprint density at radius 2 is 1.95 bits per heavy atom. The SMILES string of the molecule is COC(=O)[C@H](C)NC(=O)c1c(C)noc1-c1ccccc1. The zero-order valence-electron chi connectivity index (χ0n) is 12.0. The van der Waals surface area contributed by atoms with E-state index < -0.39 is 17.9 Å². The number of carbonyl (C=O) groups is 2. The Kier molecular flexibility index (Phi) is 4.37. The maximum Gasteiger partial charge on any atom is 0.328 e. The molecule has 1 aromatic heterocycles. The Balaban J connectivity index is 2.30. The molecule has 6 heteroatoms. The predicted molar refractivity (Wildman–Crippen MR) is 75.6 cm³/mol. The maximum absolute atomic E-state index is 12.3. The van der Waals surface area contributed by atoms with Crippen molar-refractivity contribution < 1.29 is 18.8 Å². The molecule has 0 aliphatic rings. The van der Waals surface area contributed by atoms with Crippen LogP contribution in [0.3, 0.4) is 0 Å². The number of hydrogen-bond donors (Lipinski definition) is 1. The van der Waals surface area contributed by atoms with Crippen molar-refractivity contribution in [2.75, 3.05) is 7.11 Å². The van der Waals surface area contributed by atoms with E-state index in [9.17, 15) is 9.59 Å². The fraction of sp³-hybridized carbons (Fsp3) is 0.267. The monoisotopic (exact) mass is 288 g/mol. The largest absolute Gasteiger partial charge is 0.467 e. The number of rotatable bonds is 4. The maximum atomic E-state index is 12.3. The molecule has 1 N–H and O–H groups in total. The molecule has 21 heavy (non-hydrogen) atoms. The summed E-state index contributed by atoms with van der Waals surface area (Å²) in [7, 11) is 1.27. The molecule has 0 unspecified atom stereocenters. The number of nitrogens with zero attached hydrogens (tertiary/aromatic N) is 1. The molecule has 6 nitrogen and oxygen atoms in total. The normalized spacial score (nSPS) is 11.8. The summed E-state index contributed by atoms with van der Waals surface area (Å²) < 4.78 is 9.83. The molecule has 0 saturated carbocycles. The number of amides is 1. The third-order valence-corrected chi connectivity index (χ3v) is 3.03. The molecule has 110 valence electrons. The summed E-state index contributed by atoms with van der Waals surface area (Å²) in [5.74, 6) is -0.563. The highest BCUT2D eigenvalue weighted by Crippen LogP contribution is 2.25. The van der Waals surface area contributed by atoms with Gasteiger partial charge in [-0.3, -0.25) is 4.79 Å². The molecule has 0 bridgehead atoms. The predicted octanol–water partition coefficient (Wildman–Crippen LogP) is 1.94. The van der Waals surface area contributed by atoms with E-state index in [0.717, 1.165) is 5.56 Å². The number of ether oxygens (including phenoxy) is 1. The van der Waals surface area contributed by atoms with Crippen LogP contribution in [0.4, 0.5) is 0 Å². The summed E-state index contributed by atoms with van der Waals surface area (Å²) >= 11 is 0. The minimum Gasteiger partial charge on any atom is -0.467 e. The van der Waals surface area contributed by atoms with E-state index in [1.54, 1.807) is 13.8 Å². The number of benzene rings is 1. The number of hydrogen-bond acceptors (Lipinski definition) is 5. The summed E-state index contributed by atoms with van der Waals surface area (Å²) in [6.45, 7) is 3.22. The molecule has 0 fully saturated rings. The first-order chi connectivity index (χ1) is 10.0. The summed E-state index contributed by atoms with van der Waals surface area (Å²) in [6.07, 6.45) is 0.